The highest BCUT2D eigenvalue weighted by Crippen LogP contribution is 2.37. The number of hydrogen-bond acceptors (Lipinski definition) is 6. The number of likely N-dealkylation sites (tertiary alicyclic amines) is 1. The lowest BCUT2D eigenvalue weighted by Gasteiger charge is -2.26. The van der Waals surface area contributed by atoms with Crippen LogP contribution < -0.4 is 25.4 Å². The van der Waals surface area contributed by atoms with E-state index in [2.05, 4.69) is 20.9 Å². The number of aromatic nitrogens is 1. The molecule has 2 aromatic rings. The zero-order valence-corrected chi connectivity index (χ0v) is 19.4. The lowest BCUT2D eigenvalue weighted by molar-refractivity contribution is -0.133. The third kappa shape index (κ3) is 5.10. The van der Waals surface area contributed by atoms with E-state index >= 15 is 0 Å². The minimum atomic E-state index is -1.05. The molecule has 5 amide bonds. The monoisotopic (exact) mass is 481 g/mol. The highest BCUT2D eigenvalue weighted by Gasteiger charge is 2.46. The molecule has 184 valence electrons. The molecule has 1 aromatic heterocycles. The van der Waals surface area contributed by atoms with Gasteiger partial charge in [0.1, 0.15) is 11.9 Å². The number of carbonyl (C=O) groups excluding carboxylic acids is 3. The van der Waals surface area contributed by atoms with Crippen LogP contribution in [0.2, 0.25) is 0 Å². The number of aliphatic hydroxyl groups is 1. The summed E-state index contributed by atoms with van der Waals surface area (Å²) in [5, 5.41) is 17.5. The zero-order chi connectivity index (χ0) is 24.8. The second-order valence-electron chi connectivity index (χ2n) is 8.20. The lowest BCUT2D eigenvalue weighted by atomic mass is 10.2. The van der Waals surface area contributed by atoms with Crippen LogP contribution in [0.25, 0.3) is 6.08 Å². The van der Waals surface area contributed by atoms with E-state index in [0.717, 1.165) is 18.4 Å². The van der Waals surface area contributed by atoms with E-state index in [-0.39, 0.29) is 23.5 Å². The summed E-state index contributed by atoms with van der Waals surface area (Å²) >= 11 is 0. The minimum Gasteiger partial charge on any atom is -0.394 e. The number of hydroxylamine groups is 2. The molecule has 0 saturated carbocycles. The third-order valence-corrected chi connectivity index (χ3v) is 5.81. The van der Waals surface area contributed by atoms with Gasteiger partial charge in [-0.05, 0) is 25.8 Å². The molecule has 1 saturated heterocycles. The normalized spacial score (nSPS) is 19.1. The standard InChI is InChI=1S/C24H28N6O5/c1-2-25-24(34)30(14-10-17-7-3-4-8-20(17)30)35-18-9-11-26-21(15-18)28-23(33)27-19(16-31)22(32)29-12-5-6-13-29/h3-4,7-11,14-15,19,31H,2,5-6,12-13,16H2,1H3,(H2-,25,26,27,28,33,34)/p+1/t19-,30-/m0/s1. The van der Waals surface area contributed by atoms with Crippen LogP contribution in [-0.4, -0.2) is 65.2 Å². The number of fused-ring (bicyclic) bond motifs is 1. The maximum Gasteiger partial charge on any atom is 0.468 e. The second kappa shape index (κ2) is 10.5. The molecule has 11 nitrogen and oxygen atoms in total. The fourth-order valence-corrected chi connectivity index (χ4v) is 4.12. The smallest absolute Gasteiger partial charge is 0.394 e. The highest BCUT2D eigenvalue weighted by molar-refractivity contribution is 5.94. The van der Waals surface area contributed by atoms with Gasteiger partial charge in [-0.1, -0.05) is 12.1 Å². The number of para-hydroxylation sites is 1. The van der Waals surface area contributed by atoms with E-state index in [1.807, 2.05) is 37.3 Å². The van der Waals surface area contributed by atoms with Gasteiger partial charge < -0.3 is 20.6 Å². The summed E-state index contributed by atoms with van der Waals surface area (Å²) in [5.41, 5.74) is 1.50. The Labute approximate surface area is 202 Å². The van der Waals surface area contributed by atoms with E-state index in [1.165, 1.54) is 12.3 Å². The first-order valence-electron chi connectivity index (χ1n) is 11.6. The second-order valence-corrected chi connectivity index (χ2v) is 8.20. The molecule has 4 N–H and O–H groups in total. The molecule has 0 radical (unpaired) electrons. The Bertz CT molecular complexity index is 1130. The number of nitrogens with zero attached hydrogens (tertiary/aromatic N) is 3. The number of nitrogens with one attached hydrogen (secondary N) is 3. The number of urea groups is 2. The zero-order valence-electron chi connectivity index (χ0n) is 19.4. The van der Waals surface area contributed by atoms with Gasteiger partial charge in [-0.15, -0.1) is 0 Å². The molecule has 4 rings (SSSR count). The van der Waals surface area contributed by atoms with E-state index in [9.17, 15) is 19.5 Å². The SMILES string of the molecule is CCNC(=O)[N@+]1(Oc2ccnc(NC(=O)N[C@@H](CO)C(=O)N3CCCC3)c2)C=Cc2ccccc21. The molecule has 2 atom stereocenters. The van der Waals surface area contributed by atoms with Crippen LogP contribution >= 0.6 is 0 Å². The first kappa shape index (κ1) is 24.2. The molecule has 0 spiro atoms. The summed E-state index contributed by atoms with van der Waals surface area (Å²) in [6.07, 6.45) is 6.70. The number of benzene rings is 1. The Hall–Kier alpha value is -3.96. The van der Waals surface area contributed by atoms with Gasteiger partial charge in [0.15, 0.2) is 17.6 Å². The van der Waals surface area contributed by atoms with Crippen molar-refractivity contribution in [3.8, 4) is 5.75 Å². The molecule has 0 unspecified atom stereocenters. The van der Waals surface area contributed by atoms with Crippen LogP contribution in [0.5, 0.6) is 5.75 Å². The quantitative estimate of drug-likeness (QED) is 0.448. The fourth-order valence-electron chi connectivity index (χ4n) is 4.12. The molecule has 1 aromatic carbocycles. The highest BCUT2D eigenvalue weighted by atomic mass is 16.7. The maximum atomic E-state index is 13.1. The van der Waals surface area contributed by atoms with Crippen molar-refractivity contribution in [3.05, 3.63) is 54.4 Å². The summed E-state index contributed by atoms with van der Waals surface area (Å²) in [6, 6.07) is 8.34. The average Bonchev–Trinajstić information content (AvgIpc) is 3.52. The van der Waals surface area contributed by atoms with Gasteiger partial charge in [0.05, 0.1) is 6.61 Å². The van der Waals surface area contributed by atoms with Crippen molar-refractivity contribution in [1.29, 1.82) is 0 Å². The van der Waals surface area contributed by atoms with Gasteiger partial charge in [0, 0.05) is 60.3 Å². The first-order valence-corrected chi connectivity index (χ1v) is 11.6. The molecule has 0 bridgehead atoms. The number of rotatable bonds is 7. The predicted octanol–water partition coefficient (Wildman–Crippen LogP) is 2.20. The summed E-state index contributed by atoms with van der Waals surface area (Å²) in [6.45, 7) is 2.95. The molecule has 35 heavy (non-hydrogen) atoms. The number of quaternary nitrogens is 1. The van der Waals surface area contributed by atoms with Crippen LogP contribution in [0.15, 0.2) is 48.8 Å². The maximum absolute atomic E-state index is 13.1. The van der Waals surface area contributed by atoms with Crippen LogP contribution in [-0.2, 0) is 4.79 Å². The van der Waals surface area contributed by atoms with Crippen molar-refractivity contribution in [2.24, 2.45) is 0 Å². The Kier molecular flexibility index (Phi) is 7.28. The van der Waals surface area contributed by atoms with Gasteiger partial charge in [0.2, 0.25) is 5.91 Å². The summed E-state index contributed by atoms with van der Waals surface area (Å²) in [7, 11) is 0. The molecule has 0 aliphatic carbocycles. The van der Waals surface area contributed by atoms with E-state index in [4.69, 9.17) is 4.84 Å². The van der Waals surface area contributed by atoms with Gasteiger partial charge in [-0.25, -0.2) is 14.6 Å². The minimum absolute atomic E-state index is 0.149. The molecular weight excluding hydrogens is 452 g/mol. The third-order valence-electron chi connectivity index (χ3n) is 5.81. The molecule has 3 heterocycles. The largest absolute Gasteiger partial charge is 0.468 e. The van der Waals surface area contributed by atoms with Crippen molar-refractivity contribution in [2.75, 3.05) is 31.6 Å². The van der Waals surface area contributed by atoms with Crippen molar-refractivity contribution >= 4 is 35.6 Å². The average molecular weight is 482 g/mol. The number of aliphatic hydroxyl groups excluding tert-OH is 1. The summed E-state index contributed by atoms with van der Waals surface area (Å²) in [5.74, 6) is 0.114. The molecule has 2 aliphatic heterocycles. The lowest BCUT2D eigenvalue weighted by Crippen LogP contribution is -2.56. The fraction of sp³-hybridized carbons (Fsp3) is 0.333. The van der Waals surface area contributed by atoms with Crippen LogP contribution in [0.3, 0.4) is 0 Å². The van der Waals surface area contributed by atoms with E-state index in [0.29, 0.717) is 25.3 Å². The summed E-state index contributed by atoms with van der Waals surface area (Å²) < 4.78 is -0.531. The van der Waals surface area contributed by atoms with Crippen LogP contribution in [0.1, 0.15) is 25.3 Å². The Morgan fingerprint density at radius 1 is 1.20 bits per heavy atom. The van der Waals surface area contributed by atoms with E-state index in [1.54, 1.807) is 17.2 Å². The molecule has 2 aliphatic rings. The molecule has 1 fully saturated rings. The number of anilines is 1. The van der Waals surface area contributed by atoms with Gasteiger partial charge >= 0.3 is 12.1 Å². The number of hydrogen-bond donors (Lipinski definition) is 4. The van der Waals surface area contributed by atoms with Gasteiger partial charge in [0.25, 0.3) is 0 Å². The summed E-state index contributed by atoms with van der Waals surface area (Å²) in [4.78, 5) is 50.0. The Morgan fingerprint density at radius 2 is 1.97 bits per heavy atom. The number of amides is 5. The molecular formula is C24H29N6O5+. The van der Waals surface area contributed by atoms with Gasteiger partial charge in [-0.3, -0.25) is 14.9 Å². The Morgan fingerprint density at radius 3 is 2.71 bits per heavy atom. The molecule has 11 heteroatoms. The predicted molar refractivity (Wildman–Crippen MR) is 130 cm³/mol. The van der Waals surface area contributed by atoms with Crippen molar-refractivity contribution in [2.45, 2.75) is 25.8 Å². The van der Waals surface area contributed by atoms with Crippen molar-refractivity contribution < 1.29 is 24.3 Å². The van der Waals surface area contributed by atoms with Crippen LogP contribution in [0, 0.1) is 0 Å². The van der Waals surface area contributed by atoms with E-state index < -0.39 is 23.3 Å². The van der Waals surface area contributed by atoms with Crippen LogP contribution in [0.4, 0.5) is 21.1 Å². The first-order chi connectivity index (χ1) is 17.0. The van der Waals surface area contributed by atoms with Gasteiger partial charge in [-0.2, -0.15) is 0 Å². The number of carbonyl (C=O) groups is 3. The number of pyridine rings is 1. The van der Waals surface area contributed by atoms with Crippen molar-refractivity contribution in [3.63, 3.8) is 0 Å². The van der Waals surface area contributed by atoms with Crippen molar-refractivity contribution in [1.82, 2.24) is 25.2 Å². The topological polar surface area (TPSA) is 133 Å². The Balaban J connectivity index is 1.48.